The molecular weight excluding hydrogens is 262 g/mol. The second kappa shape index (κ2) is 6.71. The molecule has 1 fully saturated rings. The van der Waals surface area contributed by atoms with E-state index < -0.39 is 0 Å². The largest absolute Gasteiger partial charge is 0.395 e. The molecule has 2 heterocycles. The fourth-order valence-electron chi connectivity index (χ4n) is 1.95. The number of carbonyl (C=O) groups is 1. The highest BCUT2D eigenvalue weighted by Gasteiger charge is 2.26. The maximum atomic E-state index is 12.2. The van der Waals surface area contributed by atoms with Gasteiger partial charge in [-0.05, 0) is 24.8 Å². The van der Waals surface area contributed by atoms with Crippen LogP contribution >= 0.6 is 11.3 Å². The smallest absolute Gasteiger partial charge is 0.262 e. The molecule has 1 aliphatic rings. The Morgan fingerprint density at radius 1 is 1.68 bits per heavy atom. The maximum absolute atomic E-state index is 12.2. The number of amides is 1. The number of ether oxygens (including phenoxy) is 1. The first kappa shape index (κ1) is 14.1. The second-order valence-corrected chi connectivity index (χ2v) is 5.30. The van der Waals surface area contributed by atoms with Gasteiger partial charge in [0.05, 0.1) is 18.8 Å². The van der Waals surface area contributed by atoms with Gasteiger partial charge in [-0.1, -0.05) is 11.8 Å². The fraction of sp³-hybridized carbons (Fsp3) is 0.500. The molecule has 0 bridgehead atoms. The Kier molecular flexibility index (Phi) is 4.97. The van der Waals surface area contributed by atoms with Crippen molar-refractivity contribution < 1.29 is 14.6 Å². The molecule has 2 N–H and O–H groups in total. The minimum absolute atomic E-state index is 0.0373. The molecule has 0 aliphatic carbocycles. The summed E-state index contributed by atoms with van der Waals surface area (Å²) in [6.07, 6.45) is 1.33. The van der Waals surface area contributed by atoms with Crippen molar-refractivity contribution in [3.8, 4) is 11.8 Å². The summed E-state index contributed by atoms with van der Waals surface area (Å²) in [5.74, 6) is 5.66. The van der Waals surface area contributed by atoms with Crippen molar-refractivity contribution in [2.75, 3.05) is 13.2 Å². The van der Waals surface area contributed by atoms with Crippen molar-refractivity contribution in [3.05, 3.63) is 21.9 Å². The minimum atomic E-state index is -0.0920. The van der Waals surface area contributed by atoms with Gasteiger partial charge in [-0.3, -0.25) is 4.79 Å². The average Bonchev–Trinajstić information content (AvgIpc) is 3.00. The van der Waals surface area contributed by atoms with Gasteiger partial charge in [0, 0.05) is 18.6 Å². The Balaban J connectivity index is 2.03. The molecule has 0 radical (unpaired) electrons. The van der Waals surface area contributed by atoms with E-state index in [1.165, 1.54) is 11.3 Å². The third-order valence-electron chi connectivity index (χ3n) is 3.02. The number of nitrogens with one attached hydrogen (secondary N) is 1. The van der Waals surface area contributed by atoms with Gasteiger partial charge in [-0.15, -0.1) is 11.3 Å². The molecule has 102 valence electrons. The van der Waals surface area contributed by atoms with E-state index in [0.29, 0.717) is 17.9 Å². The summed E-state index contributed by atoms with van der Waals surface area (Å²) in [4.78, 5) is 12.8. The number of thiophene rings is 1. The van der Waals surface area contributed by atoms with Crippen LogP contribution in [0.25, 0.3) is 0 Å². The molecule has 2 rings (SSSR count). The summed E-state index contributed by atoms with van der Waals surface area (Å²) in [7, 11) is 0. The molecule has 0 aromatic carbocycles. The molecule has 1 saturated heterocycles. The van der Waals surface area contributed by atoms with Crippen molar-refractivity contribution in [2.45, 2.75) is 31.9 Å². The summed E-state index contributed by atoms with van der Waals surface area (Å²) in [5.41, 5.74) is 0.725. The van der Waals surface area contributed by atoms with Crippen LogP contribution in [0.2, 0.25) is 0 Å². The van der Waals surface area contributed by atoms with Gasteiger partial charge >= 0.3 is 0 Å². The average molecular weight is 279 g/mol. The topological polar surface area (TPSA) is 58.6 Å². The van der Waals surface area contributed by atoms with E-state index in [2.05, 4.69) is 17.2 Å². The quantitative estimate of drug-likeness (QED) is 0.822. The van der Waals surface area contributed by atoms with Crippen molar-refractivity contribution in [1.82, 2.24) is 5.32 Å². The number of hydrogen-bond acceptors (Lipinski definition) is 4. The summed E-state index contributed by atoms with van der Waals surface area (Å²) in [6.45, 7) is 2.70. The summed E-state index contributed by atoms with van der Waals surface area (Å²) >= 11 is 1.38. The minimum Gasteiger partial charge on any atom is -0.395 e. The monoisotopic (exact) mass is 279 g/mol. The lowest BCUT2D eigenvalue weighted by Crippen LogP contribution is -2.39. The molecule has 1 aromatic heterocycles. The molecule has 1 aromatic rings. The Labute approximate surface area is 116 Å². The second-order valence-electron chi connectivity index (χ2n) is 4.38. The molecule has 0 saturated carbocycles. The highest BCUT2D eigenvalue weighted by molar-refractivity contribution is 7.12. The standard InChI is InChI=1S/C14H17NO3S/c1-10-12(5-8-18-10)15-14(17)13-11(6-9-19-13)4-2-3-7-16/h6,9-10,12,16H,3,5,7-8H2,1H3,(H,15,17). The molecule has 1 aliphatic heterocycles. The number of rotatable bonds is 3. The van der Waals surface area contributed by atoms with Crippen LogP contribution in [0.4, 0.5) is 0 Å². The highest BCUT2D eigenvalue weighted by Crippen LogP contribution is 2.18. The highest BCUT2D eigenvalue weighted by atomic mass is 32.1. The lowest BCUT2D eigenvalue weighted by atomic mass is 10.1. The molecule has 4 nitrogen and oxygen atoms in total. The Bertz CT molecular complexity index is 500. The van der Waals surface area contributed by atoms with Crippen molar-refractivity contribution in [1.29, 1.82) is 0 Å². The number of carbonyl (C=O) groups excluding carboxylic acids is 1. The zero-order valence-electron chi connectivity index (χ0n) is 10.8. The first-order valence-electron chi connectivity index (χ1n) is 6.32. The SMILES string of the molecule is CC1OCCC1NC(=O)c1sccc1C#CCCO. The van der Waals surface area contributed by atoms with Crippen LogP contribution in [0.3, 0.4) is 0 Å². The zero-order valence-corrected chi connectivity index (χ0v) is 11.6. The van der Waals surface area contributed by atoms with Gasteiger partial charge in [0.2, 0.25) is 0 Å². The van der Waals surface area contributed by atoms with Crippen LogP contribution < -0.4 is 5.32 Å². The van der Waals surface area contributed by atoms with E-state index in [4.69, 9.17) is 9.84 Å². The van der Waals surface area contributed by atoms with Crippen molar-refractivity contribution in [3.63, 3.8) is 0 Å². The third kappa shape index (κ3) is 3.57. The Hall–Kier alpha value is -1.35. The number of aliphatic hydroxyl groups excluding tert-OH is 1. The predicted octanol–water partition coefficient (Wildman–Crippen LogP) is 1.39. The summed E-state index contributed by atoms with van der Waals surface area (Å²) < 4.78 is 5.43. The third-order valence-corrected chi connectivity index (χ3v) is 3.94. The van der Waals surface area contributed by atoms with Crippen LogP contribution in [0.5, 0.6) is 0 Å². The van der Waals surface area contributed by atoms with Crippen LogP contribution in [-0.2, 0) is 4.74 Å². The molecular formula is C14H17NO3S. The Morgan fingerprint density at radius 2 is 2.53 bits per heavy atom. The molecule has 5 heteroatoms. The van der Waals surface area contributed by atoms with Gasteiger partial charge in [-0.25, -0.2) is 0 Å². The van der Waals surface area contributed by atoms with Gasteiger partial charge in [0.25, 0.3) is 5.91 Å². The molecule has 2 unspecified atom stereocenters. The lowest BCUT2D eigenvalue weighted by Gasteiger charge is -2.15. The lowest BCUT2D eigenvalue weighted by molar-refractivity contribution is 0.0869. The van der Waals surface area contributed by atoms with Crippen molar-refractivity contribution >= 4 is 17.2 Å². The van der Waals surface area contributed by atoms with Gasteiger partial charge in [0.1, 0.15) is 4.88 Å². The maximum Gasteiger partial charge on any atom is 0.262 e. The molecule has 0 spiro atoms. The number of hydrogen-bond donors (Lipinski definition) is 2. The van der Waals surface area contributed by atoms with E-state index in [-0.39, 0.29) is 24.7 Å². The molecule has 2 atom stereocenters. The van der Waals surface area contributed by atoms with E-state index in [1.807, 2.05) is 18.4 Å². The molecule has 1 amide bonds. The van der Waals surface area contributed by atoms with Crippen molar-refractivity contribution in [2.24, 2.45) is 0 Å². The summed E-state index contributed by atoms with van der Waals surface area (Å²) in [6, 6.07) is 1.91. The first-order valence-corrected chi connectivity index (χ1v) is 7.20. The van der Waals surface area contributed by atoms with Crippen LogP contribution in [0, 0.1) is 11.8 Å². The van der Waals surface area contributed by atoms with Crippen LogP contribution in [-0.4, -0.2) is 36.4 Å². The van der Waals surface area contributed by atoms with E-state index in [1.54, 1.807) is 0 Å². The van der Waals surface area contributed by atoms with Crippen LogP contribution in [0.1, 0.15) is 35.0 Å². The Morgan fingerprint density at radius 3 is 3.21 bits per heavy atom. The number of aliphatic hydroxyl groups is 1. The normalized spacial score (nSPS) is 21.8. The van der Waals surface area contributed by atoms with E-state index in [0.717, 1.165) is 12.0 Å². The van der Waals surface area contributed by atoms with E-state index >= 15 is 0 Å². The fourth-order valence-corrected chi connectivity index (χ4v) is 2.70. The molecule has 19 heavy (non-hydrogen) atoms. The first-order chi connectivity index (χ1) is 9.22. The van der Waals surface area contributed by atoms with Gasteiger partial charge in [0.15, 0.2) is 0 Å². The van der Waals surface area contributed by atoms with Crippen LogP contribution in [0.15, 0.2) is 11.4 Å². The van der Waals surface area contributed by atoms with Gasteiger partial charge < -0.3 is 15.2 Å². The predicted molar refractivity (Wildman–Crippen MR) is 74.2 cm³/mol. The zero-order chi connectivity index (χ0) is 13.7. The van der Waals surface area contributed by atoms with E-state index in [9.17, 15) is 4.79 Å². The summed E-state index contributed by atoms with van der Waals surface area (Å²) in [5, 5.41) is 13.5. The van der Waals surface area contributed by atoms with Gasteiger partial charge in [-0.2, -0.15) is 0 Å².